The Labute approximate surface area is 170 Å². The molecule has 2 aromatic carbocycles. The minimum Gasteiger partial charge on any atom is -0.353 e. The maximum absolute atomic E-state index is 12.1. The number of likely N-dealkylation sites (N-methyl/N-ethyl adjacent to an activating group) is 1. The lowest BCUT2D eigenvalue weighted by atomic mass is 10.1. The summed E-state index contributed by atoms with van der Waals surface area (Å²) in [6, 6.07) is 20.6. The number of amides is 2. The van der Waals surface area contributed by atoms with Gasteiger partial charge in [-0.3, -0.25) is 0 Å². The van der Waals surface area contributed by atoms with Gasteiger partial charge < -0.3 is 20.4 Å². The van der Waals surface area contributed by atoms with E-state index in [0.29, 0.717) is 5.69 Å². The number of aromatic nitrogens is 2. The lowest BCUT2D eigenvalue weighted by Gasteiger charge is -2.32. The second-order valence-corrected chi connectivity index (χ2v) is 7.09. The lowest BCUT2D eigenvalue weighted by Crippen LogP contribution is -2.44. The number of nitrogens with zero attached hydrogens (tertiary/aromatic N) is 4. The smallest absolute Gasteiger partial charge is 0.323 e. The molecule has 0 atom stereocenters. The van der Waals surface area contributed by atoms with Gasteiger partial charge >= 0.3 is 6.03 Å². The van der Waals surface area contributed by atoms with Crippen LogP contribution in [-0.2, 0) is 0 Å². The number of benzene rings is 2. The maximum Gasteiger partial charge on any atom is 0.323 e. The molecule has 0 radical (unpaired) electrons. The maximum atomic E-state index is 12.1. The molecule has 29 heavy (non-hydrogen) atoms. The van der Waals surface area contributed by atoms with Gasteiger partial charge in [0.1, 0.15) is 0 Å². The first-order valence-electron chi connectivity index (χ1n) is 9.68. The van der Waals surface area contributed by atoms with E-state index < -0.39 is 0 Å². The normalized spacial score (nSPS) is 14.4. The van der Waals surface area contributed by atoms with E-state index in [4.69, 9.17) is 0 Å². The van der Waals surface area contributed by atoms with E-state index in [-0.39, 0.29) is 6.03 Å². The summed E-state index contributed by atoms with van der Waals surface area (Å²) in [6.07, 6.45) is 0. The molecule has 148 valence electrons. The Morgan fingerprint density at radius 3 is 2.07 bits per heavy atom. The minimum absolute atomic E-state index is 0.278. The van der Waals surface area contributed by atoms with Crippen LogP contribution in [-0.4, -0.2) is 54.4 Å². The Kier molecular flexibility index (Phi) is 5.67. The molecule has 1 saturated heterocycles. The fourth-order valence-electron chi connectivity index (χ4n) is 3.22. The first kappa shape index (κ1) is 18.9. The second-order valence-electron chi connectivity index (χ2n) is 7.09. The van der Waals surface area contributed by atoms with Gasteiger partial charge in [-0.2, -0.15) is 0 Å². The largest absolute Gasteiger partial charge is 0.353 e. The van der Waals surface area contributed by atoms with Crippen molar-refractivity contribution in [1.29, 1.82) is 0 Å². The number of nitrogens with one attached hydrogen (secondary N) is 2. The third-order valence-electron chi connectivity index (χ3n) is 4.95. The molecule has 1 fully saturated rings. The van der Waals surface area contributed by atoms with Gasteiger partial charge in [0.05, 0.1) is 5.69 Å². The van der Waals surface area contributed by atoms with Gasteiger partial charge in [0.15, 0.2) is 5.82 Å². The SMILES string of the molecule is CN1CCN(c2ccc(-c3ccc(NC(=O)Nc4ccccc4)cc3)nn2)CC1. The van der Waals surface area contributed by atoms with E-state index in [1.165, 1.54) is 0 Å². The van der Waals surface area contributed by atoms with Crippen molar-refractivity contribution in [3.8, 4) is 11.3 Å². The van der Waals surface area contributed by atoms with Crippen molar-refractivity contribution < 1.29 is 4.79 Å². The number of urea groups is 1. The highest BCUT2D eigenvalue weighted by molar-refractivity contribution is 5.99. The molecule has 2 amide bonds. The Morgan fingerprint density at radius 2 is 1.45 bits per heavy atom. The van der Waals surface area contributed by atoms with E-state index in [9.17, 15) is 4.79 Å². The zero-order chi connectivity index (χ0) is 20.1. The van der Waals surface area contributed by atoms with Crippen LogP contribution in [0.1, 0.15) is 0 Å². The van der Waals surface area contributed by atoms with Crippen molar-refractivity contribution in [1.82, 2.24) is 15.1 Å². The molecule has 0 bridgehead atoms. The van der Waals surface area contributed by atoms with Crippen LogP contribution in [0.2, 0.25) is 0 Å². The molecule has 1 aliphatic rings. The molecule has 1 aromatic heterocycles. The van der Waals surface area contributed by atoms with Crippen molar-refractivity contribution in [3.63, 3.8) is 0 Å². The number of hydrogen-bond donors (Lipinski definition) is 2. The highest BCUT2D eigenvalue weighted by atomic mass is 16.2. The number of hydrogen-bond acceptors (Lipinski definition) is 5. The molecular formula is C22H24N6O. The number of anilines is 3. The number of piperazine rings is 1. The van der Waals surface area contributed by atoms with Crippen LogP contribution in [0.4, 0.5) is 22.0 Å². The highest BCUT2D eigenvalue weighted by Gasteiger charge is 2.15. The van der Waals surface area contributed by atoms with Crippen LogP contribution in [0.15, 0.2) is 66.7 Å². The topological polar surface area (TPSA) is 73.4 Å². The van der Waals surface area contributed by atoms with Crippen LogP contribution >= 0.6 is 0 Å². The van der Waals surface area contributed by atoms with Gasteiger partial charge in [0, 0.05) is 43.1 Å². The monoisotopic (exact) mass is 388 g/mol. The third kappa shape index (κ3) is 4.89. The molecule has 1 aliphatic heterocycles. The fraction of sp³-hybridized carbons (Fsp3) is 0.227. The molecule has 3 aromatic rings. The predicted molar refractivity (Wildman–Crippen MR) is 116 cm³/mol. The van der Waals surface area contributed by atoms with Gasteiger partial charge in [-0.15, -0.1) is 10.2 Å². The second kappa shape index (κ2) is 8.70. The molecule has 0 saturated carbocycles. The summed E-state index contributed by atoms with van der Waals surface area (Å²) in [7, 11) is 2.13. The summed E-state index contributed by atoms with van der Waals surface area (Å²) in [5, 5.41) is 14.4. The Bertz CT molecular complexity index is 935. The van der Waals surface area contributed by atoms with E-state index in [2.05, 4.69) is 37.7 Å². The van der Waals surface area contributed by atoms with Gasteiger partial charge in [-0.25, -0.2) is 4.79 Å². The Hall–Kier alpha value is -3.45. The van der Waals surface area contributed by atoms with E-state index in [0.717, 1.165) is 48.9 Å². The van der Waals surface area contributed by atoms with Crippen molar-refractivity contribution in [3.05, 3.63) is 66.7 Å². The lowest BCUT2D eigenvalue weighted by molar-refractivity contribution is 0.262. The first-order valence-corrected chi connectivity index (χ1v) is 9.68. The quantitative estimate of drug-likeness (QED) is 0.715. The molecule has 0 aliphatic carbocycles. The van der Waals surface area contributed by atoms with Gasteiger partial charge in [0.25, 0.3) is 0 Å². The molecular weight excluding hydrogens is 364 g/mol. The summed E-state index contributed by atoms with van der Waals surface area (Å²) in [4.78, 5) is 16.7. The average Bonchev–Trinajstić information content (AvgIpc) is 2.76. The van der Waals surface area contributed by atoms with E-state index in [1.54, 1.807) is 0 Å². The van der Waals surface area contributed by atoms with E-state index in [1.807, 2.05) is 66.7 Å². The van der Waals surface area contributed by atoms with Crippen LogP contribution < -0.4 is 15.5 Å². The van der Waals surface area contributed by atoms with Gasteiger partial charge in [-0.05, 0) is 43.4 Å². The third-order valence-corrected chi connectivity index (χ3v) is 4.95. The van der Waals surface area contributed by atoms with Gasteiger partial charge in [0.2, 0.25) is 0 Å². The molecule has 7 heteroatoms. The average molecular weight is 388 g/mol. The number of rotatable bonds is 4. The van der Waals surface area contributed by atoms with Crippen LogP contribution in [0, 0.1) is 0 Å². The fourth-order valence-corrected chi connectivity index (χ4v) is 3.22. The zero-order valence-corrected chi connectivity index (χ0v) is 16.4. The summed E-state index contributed by atoms with van der Waals surface area (Å²) in [5.74, 6) is 0.915. The van der Waals surface area contributed by atoms with Crippen molar-refractivity contribution in [2.24, 2.45) is 0 Å². The summed E-state index contributed by atoms with van der Waals surface area (Å²) >= 11 is 0. The zero-order valence-electron chi connectivity index (χ0n) is 16.4. The van der Waals surface area contributed by atoms with Crippen LogP contribution in [0.3, 0.4) is 0 Å². The summed E-state index contributed by atoms with van der Waals surface area (Å²) < 4.78 is 0. The molecule has 4 rings (SSSR count). The number of carbonyl (C=O) groups is 1. The molecule has 2 heterocycles. The molecule has 0 unspecified atom stereocenters. The predicted octanol–water partition coefficient (Wildman–Crippen LogP) is 3.54. The Balaban J connectivity index is 1.37. The Morgan fingerprint density at radius 1 is 0.793 bits per heavy atom. The van der Waals surface area contributed by atoms with Crippen molar-refractivity contribution in [2.45, 2.75) is 0 Å². The van der Waals surface area contributed by atoms with Crippen molar-refractivity contribution in [2.75, 3.05) is 48.8 Å². The first-order chi connectivity index (χ1) is 14.2. The highest BCUT2D eigenvalue weighted by Crippen LogP contribution is 2.21. The summed E-state index contributed by atoms with van der Waals surface area (Å²) in [6.45, 7) is 4.01. The molecule has 0 spiro atoms. The summed E-state index contributed by atoms with van der Waals surface area (Å²) in [5.41, 5.74) is 3.22. The van der Waals surface area contributed by atoms with Crippen LogP contribution in [0.25, 0.3) is 11.3 Å². The van der Waals surface area contributed by atoms with Crippen molar-refractivity contribution >= 4 is 23.2 Å². The number of carbonyl (C=O) groups excluding carboxylic acids is 1. The molecule has 7 nitrogen and oxygen atoms in total. The minimum atomic E-state index is -0.278. The van der Waals surface area contributed by atoms with Crippen LogP contribution in [0.5, 0.6) is 0 Å². The molecule has 2 N–H and O–H groups in total. The number of para-hydroxylation sites is 1. The van der Waals surface area contributed by atoms with Gasteiger partial charge in [-0.1, -0.05) is 30.3 Å². The van der Waals surface area contributed by atoms with E-state index >= 15 is 0 Å². The standard InChI is InChI=1S/C22H24N6O/c1-27-13-15-28(16-14-27)21-12-11-20(25-26-21)17-7-9-19(10-8-17)24-22(29)23-18-5-3-2-4-6-18/h2-12H,13-16H2,1H3,(H2,23,24,29).